The van der Waals surface area contributed by atoms with E-state index in [0.717, 1.165) is 12.1 Å². The van der Waals surface area contributed by atoms with Gasteiger partial charge in [0.15, 0.2) is 5.16 Å². The van der Waals surface area contributed by atoms with Crippen molar-refractivity contribution in [2.75, 3.05) is 5.75 Å². The minimum absolute atomic E-state index is 0.232. The normalized spacial score (nSPS) is 13.1. The lowest BCUT2D eigenvalue weighted by molar-refractivity contribution is -0.196. The van der Waals surface area contributed by atoms with Crippen molar-refractivity contribution in [2.45, 2.75) is 23.6 Å². The number of thioether (sulfide) groups is 1. The molecule has 4 nitrogen and oxygen atoms in total. The summed E-state index contributed by atoms with van der Waals surface area (Å²) in [6.45, 7) is 0. The quantitative estimate of drug-likeness (QED) is 0.266. The van der Waals surface area contributed by atoms with E-state index in [1.807, 2.05) is 0 Å². The Hall–Kier alpha value is -2.95. The summed E-state index contributed by atoms with van der Waals surface area (Å²) >= 11 is 0.703. The Kier molecular flexibility index (Phi) is 6.63. The summed E-state index contributed by atoms with van der Waals surface area (Å²) in [6.07, 6.45) is -9.24. The zero-order valence-corrected chi connectivity index (χ0v) is 16.3. The number of carbonyl (C=O) groups excluding carboxylic acids is 1. The molecule has 0 bridgehead atoms. The number of esters is 1. The van der Waals surface area contributed by atoms with Gasteiger partial charge >= 0.3 is 18.3 Å². The highest BCUT2D eigenvalue weighted by Crippen LogP contribution is 2.32. The molecule has 0 aliphatic rings. The Bertz CT molecular complexity index is 1030. The summed E-state index contributed by atoms with van der Waals surface area (Å²) < 4.78 is 84.7. The monoisotopic (exact) mass is 460 g/mol. The number of hydrogen-bond acceptors (Lipinski definition) is 4. The van der Waals surface area contributed by atoms with Crippen LogP contribution in [0.15, 0.2) is 72.1 Å². The summed E-state index contributed by atoms with van der Waals surface area (Å²) in [5.41, 5.74) is -1.11. The molecule has 2 aromatic carbocycles. The molecule has 3 aromatic rings. The predicted molar refractivity (Wildman–Crippen MR) is 101 cm³/mol. The molecule has 0 saturated heterocycles. The second kappa shape index (κ2) is 9.04. The summed E-state index contributed by atoms with van der Waals surface area (Å²) in [5, 5.41) is 0.232. The predicted octanol–water partition coefficient (Wildman–Crippen LogP) is 5.77. The van der Waals surface area contributed by atoms with Gasteiger partial charge in [0.2, 0.25) is 6.10 Å². The highest BCUT2D eigenvalue weighted by Gasteiger charge is 2.43. The average molecular weight is 460 g/mol. The maximum atomic E-state index is 13.4. The van der Waals surface area contributed by atoms with Crippen LogP contribution in [0, 0.1) is 0 Å². The second-order valence-electron chi connectivity index (χ2n) is 6.24. The first-order valence-corrected chi connectivity index (χ1v) is 9.71. The van der Waals surface area contributed by atoms with Crippen LogP contribution in [-0.2, 0) is 10.9 Å². The Balaban J connectivity index is 1.74. The van der Waals surface area contributed by atoms with Crippen molar-refractivity contribution >= 4 is 17.7 Å². The third kappa shape index (κ3) is 5.81. The molecule has 0 amide bonds. The maximum Gasteiger partial charge on any atom is 0.426 e. The van der Waals surface area contributed by atoms with Gasteiger partial charge in [-0.3, -0.25) is 4.57 Å². The van der Waals surface area contributed by atoms with E-state index in [-0.39, 0.29) is 5.16 Å². The number of carbonyl (C=O) groups is 1. The average Bonchev–Trinajstić information content (AvgIpc) is 3.19. The van der Waals surface area contributed by atoms with Crippen molar-refractivity contribution in [3.05, 3.63) is 78.1 Å². The first-order chi connectivity index (χ1) is 14.6. The lowest BCUT2D eigenvalue weighted by Crippen LogP contribution is -2.36. The number of rotatable bonds is 6. The number of alkyl halides is 6. The van der Waals surface area contributed by atoms with Crippen LogP contribution in [0.3, 0.4) is 0 Å². The van der Waals surface area contributed by atoms with Crippen LogP contribution in [0.25, 0.3) is 5.69 Å². The molecule has 0 aliphatic heterocycles. The summed E-state index contributed by atoms with van der Waals surface area (Å²) in [5.74, 6) is -2.22. The van der Waals surface area contributed by atoms with Gasteiger partial charge in [-0.2, -0.15) is 26.3 Å². The molecule has 11 heteroatoms. The maximum absolute atomic E-state index is 13.4. The largest absolute Gasteiger partial charge is 0.448 e. The number of nitrogens with zero attached hydrogens (tertiary/aromatic N) is 2. The standard InChI is InChI=1S/C20H14F6N2O2S/c21-19(22,23)14-6-4-5-13(11-14)17(29)30-16(20(24,25)26)12-31-18-27-9-10-28(18)15-7-2-1-3-8-15/h1-11,16H,12H2/t16-/m1/s1. The van der Waals surface area contributed by atoms with E-state index in [1.54, 1.807) is 41.1 Å². The lowest BCUT2D eigenvalue weighted by Gasteiger charge is -2.20. The minimum atomic E-state index is -4.92. The molecule has 0 radical (unpaired) electrons. The minimum Gasteiger partial charge on any atom is -0.448 e. The third-order valence-electron chi connectivity index (χ3n) is 4.04. The fourth-order valence-electron chi connectivity index (χ4n) is 2.55. The summed E-state index contributed by atoms with van der Waals surface area (Å²) in [6, 6.07) is 11.8. The van der Waals surface area contributed by atoms with Crippen LogP contribution < -0.4 is 0 Å². The molecular formula is C20H14F6N2O2S. The van der Waals surface area contributed by atoms with Crippen molar-refractivity contribution in [2.24, 2.45) is 0 Å². The Morgan fingerprint density at radius 1 is 1.03 bits per heavy atom. The molecule has 0 saturated carbocycles. The smallest absolute Gasteiger partial charge is 0.426 e. The van der Waals surface area contributed by atoms with Crippen LogP contribution >= 0.6 is 11.8 Å². The molecule has 31 heavy (non-hydrogen) atoms. The Morgan fingerprint density at radius 3 is 2.39 bits per heavy atom. The van der Waals surface area contributed by atoms with Gasteiger partial charge < -0.3 is 4.74 Å². The van der Waals surface area contributed by atoms with Crippen LogP contribution in [0.5, 0.6) is 0 Å². The molecule has 0 spiro atoms. The molecule has 1 atom stereocenters. The molecule has 1 aromatic heterocycles. The molecular weight excluding hydrogens is 446 g/mol. The van der Waals surface area contributed by atoms with Crippen LogP contribution in [-0.4, -0.2) is 33.6 Å². The molecule has 1 heterocycles. The van der Waals surface area contributed by atoms with Crippen LogP contribution in [0.2, 0.25) is 0 Å². The highest BCUT2D eigenvalue weighted by molar-refractivity contribution is 7.99. The van der Waals surface area contributed by atoms with Crippen molar-refractivity contribution < 1.29 is 35.9 Å². The van der Waals surface area contributed by atoms with Gasteiger partial charge in [0.05, 0.1) is 11.1 Å². The first-order valence-electron chi connectivity index (χ1n) is 8.72. The van der Waals surface area contributed by atoms with Crippen LogP contribution in [0.4, 0.5) is 26.3 Å². The van der Waals surface area contributed by atoms with E-state index >= 15 is 0 Å². The highest BCUT2D eigenvalue weighted by atomic mass is 32.2. The number of para-hydroxylation sites is 1. The van der Waals surface area contributed by atoms with Gasteiger partial charge in [0, 0.05) is 23.8 Å². The van der Waals surface area contributed by atoms with Gasteiger partial charge in [-0.15, -0.1) is 0 Å². The van der Waals surface area contributed by atoms with E-state index < -0.39 is 41.3 Å². The molecule has 0 aliphatic carbocycles. The van der Waals surface area contributed by atoms with Crippen molar-refractivity contribution in [1.29, 1.82) is 0 Å². The molecule has 0 N–H and O–H groups in total. The van der Waals surface area contributed by atoms with Gasteiger partial charge in [-0.05, 0) is 30.3 Å². The fraction of sp³-hybridized carbons (Fsp3) is 0.200. The van der Waals surface area contributed by atoms with E-state index in [9.17, 15) is 31.1 Å². The van der Waals surface area contributed by atoms with E-state index in [2.05, 4.69) is 9.72 Å². The second-order valence-corrected chi connectivity index (χ2v) is 7.23. The number of ether oxygens (including phenoxy) is 1. The van der Waals surface area contributed by atoms with E-state index in [0.29, 0.717) is 29.6 Å². The molecule has 0 unspecified atom stereocenters. The number of halogens is 6. The van der Waals surface area contributed by atoms with Crippen molar-refractivity contribution in [3.63, 3.8) is 0 Å². The molecule has 0 fully saturated rings. The number of imidazole rings is 1. The number of benzene rings is 2. The first kappa shape index (κ1) is 22.7. The van der Waals surface area contributed by atoms with Gasteiger partial charge in [-0.1, -0.05) is 36.0 Å². The molecule has 3 rings (SSSR count). The topological polar surface area (TPSA) is 44.1 Å². The number of hydrogen-bond donors (Lipinski definition) is 0. The fourth-order valence-corrected chi connectivity index (χ4v) is 3.55. The third-order valence-corrected chi connectivity index (χ3v) is 5.07. The van der Waals surface area contributed by atoms with Crippen molar-refractivity contribution in [3.8, 4) is 5.69 Å². The van der Waals surface area contributed by atoms with E-state index in [1.165, 1.54) is 6.20 Å². The SMILES string of the molecule is O=C(O[C@H](CSc1nccn1-c1ccccc1)C(F)(F)F)c1cccc(C(F)(F)F)c1. The summed E-state index contributed by atoms with van der Waals surface area (Å²) in [4.78, 5) is 16.1. The van der Waals surface area contributed by atoms with Gasteiger partial charge in [0.25, 0.3) is 0 Å². The zero-order chi connectivity index (χ0) is 22.6. The lowest BCUT2D eigenvalue weighted by atomic mass is 10.1. The van der Waals surface area contributed by atoms with Crippen LogP contribution in [0.1, 0.15) is 15.9 Å². The zero-order valence-electron chi connectivity index (χ0n) is 15.5. The van der Waals surface area contributed by atoms with Crippen molar-refractivity contribution in [1.82, 2.24) is 9.55 Å². The van der Waals surface area contributed by atoms with Gasteiger partial charge in [-0.25, -0.2) is 9.78 Å². The van der Waals surface area contributed by atoms with E-state index in [4.69, 9.17) is 0 Å². The Labute approximate surface area is 176 Å². The molecule has 164 valence electrons. The van der Waals surface area contributed by atoms with Gasteiger partial charge in [0.1, 0.15) is 0 Å². The Morgan fingerprint density at radius 2 is 1.74 bits per heavy atom. The summed E-state index contributed by atoms with van der Waals surface area (Å²) in [7, 11) is 0. The number of aromatic nitrogens is 2.